The number of hydrogen-bond acceptors (Lipinski definition) is 2. The van der Waals surface area contributed by atoms with Crippen LogP contribution in [0.3, 0.4) is 0 Å². The molecule has 92 valence electrons. The molecule has 1 rings (SSSR count). The van der Waals surface area contributed by atoms with Crippen molar-refractivity contribution in [1.82, 2.24) is 10.2 Å². The summed E-state index contributed by atoms with van der Waals surface area (Å²) in [5.74, 6) is 2.72. The number of nitrogens with zero attached hydrogens (tertiary/aromatic N) is 1. The molecular weight excluding hydrogens is 196 g/mol. The van der Waals surface area contributed by atoms with Crippen molar-refractivity contribution in [2.75, 3.05) is 19.6 Å². The summed E-state index contributed by atoms with van der Waals surface area (Å²) in [6.07, 6.45) is 11.2. The molecule has 0 aromatic heterocycles. The molecule has 0 aromatic carbocycles. The van der Waals surface area contributed by atoms with Gasteiger partial charge in [-0.1, -0.05) is 6.92 Å². The predicted molar refractivity (Wildman–Crippen MR) is 70.4 cm³/mol. The molecular formula is C14H26N2. The molecule has 0 amide bonds. The van der Waals surface area contributed by atoms with Gasteiger partial charge in [-0.05, 0) is 52.2 Å². The van der Waals surface area contributed by atoms with Gasteiger partial charge in [0.1, 0.15) is 0 Å². The van der Waals surface area contributed by atoms with Gasteiger partial charge in [0, 0.05) is 18.5 Å². The van der Waals surface area contributed by atoms with Crippen molar-refractivity contribution in [3.05, 3.63) is 0 Å². The molecule has 16 heavy (non-hydrogen) atoms. The first-order chi connectivity index (χ1) is 7.77. The molecule has 2 atom stereocenters. The first-order valence-corrected chi connectivity index (χ1v) is 6.68. The lowest BCUT2D eigenvalue weighted by molar-refractivity contribution is 0.135. The van der Waals surface area contributed by atoms with E-state index in [9.17, 15) is 0 Å². The van der Waals surface area contributed by atoms with Crippen molar-refractivity contribution >= 4 is 0 Å². The lowest BCUT2D eigenvalue weighted by Crippen LogP contribution is -2.47. The van der Waals surface area contributed by atoms with Crippen LogP contribution in [-0.2, 0) is 0 Å². The number of rotatable bonds is 6. The predicted octanol–water partition coefficient (Wildman–Crippen LogP) is 2.25. The van der Waals surface area contributed by atoms with E-state index in [0.717, 1.165) is 25.4 Å². The maximum absolute atomic E-state index is 5.28. The van der Waals surface area contributed by atoms with E-state index in [1.165, 1.54) is 32.4 Å². The summed E-state index contributed by atoms with van der Waals surface area (Å²) in [6.45, 7) is 8.13. The topological polar surface area (TPSA) is 15.3 Å². The summed E-state index contributed by atoms with van der Waals surface area (Å²) in [5.41, 5.74) is 0. The molecule has 1 N–H and O–H groups in total. The largest absolute Gasteiger partial charge is 0.314 e. The minimum Gasteiger partial charge on any atom is -0.314 e. The van der Waals surface area contributed by atoms with Crippen LogP contribution in [0, 0.1) is 12.3 Å². The molecule has 2 unspecified atom stereocenters. The highest BCUT2D eigenvalue weighted by atomic mass is 15.2. The standard InChI is InChI=1S/C14H26N2/c1-4-6-7-10-16-11-8-14(12-13(16)3)15-9-5-2/h1,13-15H,5-12H2,2-3H3. The van der Waals surface area contributed by atoms with E-state index in [-0.39, 0.29) is 0 Å². The normalized spacial score (nSPS) is 26.6. The van der Waals surface area contributed by atoms with Crippen molar-refractivity contribution in [1.29, 1.82) is 0 Å². The average molecular weight is 222 g/mol. The van der Waals surface area contributed by atoms with Crippen molar-refractivity contribution in [2.24, 2.45) is 0 Å². The fourth-order valence-corrected chi connectivity index (χ4v) is 2.47. The summed E-state index contributed by atoms with van der Waals surface area (Å²) in [6, 6.07) is 1.44. The Balaban J connectivity index is 2.21. The van der Waals surface area contributed by atoms with Crippen molar-refractivity contribution < 1.29 is 0 Å². The quantitative estimate of drug-likeness (QED) is 0.548. The summed E-state index contributed by atoms with van der Waals surface area (Å²) in [5, 5.41) is 3.63. The van der Waals surface area contributed by atoms with Gasteiger partial charge in [-0.3, -0.25) is 0 Å². The minimum absolute atomic E-state index is 0.709. The molecule has 0 aromatic rings. The van der Waals surface area contributed by atoms with E-state index in [4.69, 9.17) is 6.42 Å². The minimum atomic E-state index is 0.709. The molecule has 1 aliphatic heterocycles. The Labute approximate surface area is 101 Å². The highest BCUT2D eigenvalue weighted by Gasteiger charge is 2.24. The number of piperidine rings is 1. The smallest absolute Gasteiger partial charge is 0.00982 e. The lowest BCUT2D eigenvalue weighted by Gasteiger charge is -2.38. The van der Waals surface area contributed by atoms with Crippen molar-refractivity contribution in [3.63, 3.8) is 0 Å². The molecule has 2 heteroatoms. The number of likely N-dealkylation sites (tertiary alicyclic amines) is 1. The van der Waals surface area contributed by atoms with Crippen molar-refractivity contribution in [2.45, 2.75) is 58.0 Å². The molecule has 0 saturated carbocycles. The zero-order valence-corrected chi connectivity index (χ0v) is 10.8. The SMILES string of the molecule is C#CCCCN1CCC(NCCC)CC1C. The van der Waals surface area contributed by atoms with E-state index in [0.29, 0.717) is 6.04 Å². The van der Waals surface area contributed by atoms with Crippen LogP contribution in [0.25, 0.3) is 0 Å². The first kappa shape index (κ1) is 13.5. The third-order valence-electron chi connectivity index (χ3n) is 3.46. The highest BCUT2D eigenvalue weighted by molar-refractivity contribution is 4.86. The van der Waals surface area contributed by atoms with E-state index >= 15 is 0 Å². The molecule has 0 bridgehead atoms. The molecule has 2 nitrogen and oxygen atoms in total. The zero-order chi connectivity index (χ0) is 11.8. The van der Waals surface area contributed by atoms with Crippen molar-refractivity contribution in [3.8, 4) is 12.3 Å². The monoisotopic (exact) mass is 222 g/mol. The summed E-state index contributed by atoms with van der Waals surface area (Å²) < 4.78 is 0. The zero-order valence-electron chi connectivity index (χ0n) is 10.8. The Morgan fingerprint density at radius 3 is 2.94 bits per heavy atom. The maximum atomic E-state index is 5.28. The van der Waals surface area contributed by atoms with Crippen LogP contribution in [0.15, 0.2) is 0 Å². The van der Waals surface area contributed by atoms with Crippen LogP contribution in [0.4, 0.5) is 0 Å². The lowest BCUT2D eigenvalue weighted by atomic mass is 9.98. The van der Waals surface area contributed by atoms with Gasteiger partial charge in [-0.15, -0.1) is 12.3 Å². The van der Waals surface area contributed by atoms with Gasteiger partial charge in [0.25, 0.3) is 0 Å². The second-order valence-electron chi connectivity index (χ2n) is 4.87. The van der Waals surface area contributed by atoms with Gasteiger partial charge in [0.05, 0.1) is 0 Å². The fourth-order valence-electron chi connectivity index (χ4n) is 2.47. The maximum Gasteiger partial charge on any atom is 0.00982 e. The summed E-state index contributed by atoms with van der Waals surface area (Å²) >= 11 is 0. The third kappa shape index (κ3) is 4.55. The molecule has 1 aliphatic rings. The van der Waals surface area contributed by atoms with Crippen LogP contribution in [0.2, 0.25) is 0 Å². The van der Waals surface area contributed by atoms with Gasteiger partial charge in [-0.2, -0.15) is 0 Å². The van der Waals surface area contributed by atoms with Gasteiger partial charge in [0.15, 0.2) is 0 Å². The van der Waals surface area contributed by atoms with Gasteiger partial charge in [0.2, 0.25) is 0 Å². The first-order valence-electron chi connectivity index (χ1n) is 6.68. The van der Waals surface area contributed by atoms with E-state index in [2.05, 4.69) is 30.0 Å². The number of nitrogens with one attached hydrogen (secondary N) is 1. The molecule has 0 radical (unpaired) electrons. The Bertz CT molecular complexity index is 219. The molecule has 1 heterocycles. The molecule has 1 saturated heterocycles. The fraction of sp³-hybridized carbons (Fsp3) is 0.857. The van der Waals surface area contributed by atoms with E-state index < -0.39 is 0 Å². The Hall–Kier alpha value is -0.520. The van der Waals surface area contributed by atoms with Crippen LogP contribution in [0.5, 0.6) is 0 Å². The summed E-state index contributed by atoms with van der Waals surface area (Å²) in [7, 11) is 0. The highest BCUT2D eigenvalue weighted by Crippen LogP contribution is 2.17. The second-order valence-corrected chi connectivity index (χ2v) is 4.87. The van der Waals surface area contributed by atoms with Crippen LogP contribution in [0.1, 0.15) is 46.0 Å². The molecule has 0 aliphatic carbocycles. The Morgan fingerprint density at radius 1 is 1.50 bits per heavy atom. The van der Waals surface area contributed by atoms with Crippen LogP contribution < -0.4 is 5.32 Å². The van der Waals surface area contributed by atoms with Gasteiger partial charge >= 0.3 is 0 Å². The van der Waals surface area contributed by atoms with Gasteiger partial charge in [-0.25, -0.2) is 0 Å². The van der Waals surface area contributed by atoms with E-state index in [1.807, 2.05) is 0 Å². The molecule has 0 spiro atoms. The third-order valence-corrected chi connectivity index (χ3v) is 3.46. The summed E-state index contributed by atoms with van der Waals surface area (Å²) in [4.78, 5) is 2.58. The van der Waals surface area contributed by atoms with Crippen LogP contribution >= 0.6 is 0 Å². The average Bonchev–Trinajstić information content (AvgIpc) is 2.29. The van der Waals surface area contributed by atoms with Crippen LogP contribution in [-0.4, -0.2) is 36.6 Å². The number of unbranched alkanes of at least 4 members (excludes halogenated alkanes) is 1. The van der Waals surface area contributed by atoms with E-state index in [1.54, 1.807) is 0 Å². The Kier molecular flexibility index (Phi) is 6.52. The number of hydrogen-bond donors (Lipinski definition) is 1. The Morgan fingerprint density at radius 2 is 2.31 bits per heavy atom. The second kappa shape index (κ2) is 7.70. The van der Waals surface area contributed by atoms with Gasteiger partial charge < -0.3 is 10.2 Å². The number of terminal acetylenes is 1. The molecule has 1 fully saturated rings.